The summed E-state index contributed by atoms with van der Waals surface area (Å²) in [5.74, 6) is 1.33. The lowest BCUT2D eigenvalue weighted by molar-refractivity contribution is -0.136. The maximum absolute atomic E-state index is 12.5. The number of rotatable bonds is 4. The van der Waals surface area contributed by atoms with E-state index in [0.717, 1.165) is 31.2 Å². The van der Waals surface area contributed by atoms with E-state index in [1.807, 2.05) is 38.2 Å². The van der Waals surface area contributed by atoms with Crippen LogP contribution in [0.4, 0.5) is 0 Å². The molecule has 0 radical (unpaired) electrons. The first-order chi connectivity index (χ1) is 11.1. The van der Waals surface area contributed by atoms with Gasteiger partial charge in [0.1, 0.15) is 0 Å². The van der Waals surface area contributed by atoms with Crippen LogP contribution in [0.1, 0.15) is 43.6 Å². The number of hydrogen-bond donors (Lipinski definition) is 0. The van der Waals surface area contributed by atoms with Gasteiger partial charge in [-0.15, -0.1) is 10.2 Å². The molecular formula is C18H23N3O2. The quantitative estimate of drug-likeness (QED) is 0.865. The Morgan fingerprint density at radius 2 is 1.87 bits per heavy atom. The van der Waals surface area contributed by atoms with Crippen LogP contribution < -0.4 is 0 Å². The highest BCUT2D eigenvalue weighted by atomic mass is 16.4. The fourth-order valence-electron chi connectivity index (χ4n) is 3.07. The number of benzene rings is 1. The van der Waals surface area contributed by atoms with Crippen molar-refractivity contribution in [1.82, 2.24) is 15.1 Å². The Morgan fingerprint density at radius 1 is 1.17 bits per heavy atom. The SMILES string of the molecule is Cc1ccc(-c2nnc(CN(C)C(=O)C3CCCCC3)o2)cc1. The summed E-state index contributed by atoms with van der Waals surface area (Å²) in [4.78, 5) is 14.2. The summed E-state index contributed by atoms with van der Waals surface area (Å²) < 4.78 is 5.70. The second kappa shape index (κ2) is 6.94. The fraction of sp³-hybridized carbons (Fsp3) is 0.500. The standard InChI is InChI=1S/C18H23N3O2/c1-13-8-10-14(11-9-13)17-20-19-16(23-17)12-21(2)18(22)15-6-4-3-5-7-15/h8-11,15H,3-7,12H2,1-2H3. The summed E-state index contributed by atoms with van der Waals surface area (Å²) in [6, 6.07) is 7.95. The van der Waals surface area contributed by atoms with Crippen molar-refractivity contribution in [2.45, 2.75) is 45.6 Å². The van der Waals surface area contributed by atoms with Gasteiger partial charge in [0.2, 0.25) is 17.7 Å². The molecule has 1 aromatic carbocycles. The molecule has 122 valence electrons. The van der Waals surface area contributed by atoms with Crippen molar-refractivity contribution in [3.8, 4) is 11.5 Å². The van der Waals surface area contributed by atoms with Crippen LogP contribution in [0.3, 0.4) is 0 Å². The van der Waals surface area contributed by atoms with Gasteiger partial charge >= 0.3 is 0 Å². The maximum Gasteiger partial charge on any atom is 0.247 e. The molecule has 5 nitrogen and oxygen atoms in total. The lowest BCUT2D eigenvalue weighted by Gasteiger charge is -2.25. The van der Waals surface area contributed by atoms with Crippen molar-refractivity contribution in [3.63, 3.8) is 0 Å². The van der Waals surface area contributed by atoms with Crippen LogP contribution in [-0.2, 0) is 11.3 Å². The van der Waals surface area contributed by atoms with E-state index in [9.17, 15) is 4.79 Å². The van der Waals surface area contributed by atoms with Crippen LogP contribution in [0.2, 0.25) is 0 Å². The first kappa shape index (κ1) is 15.7. The minimum Gasteiger partial charge on any atom is -0.419 e. The molecule has 1 heterocycles. The molecule has 0 unspecified atom stereocenters. The normalized spacial score (nSPS) is 15.6. The third-order valence-corrected chi connectivity index (χ3v) is 4.47. The van der Waals surface area contributed by atoms with E-state index in [1.54, 1.807) is 4.90 Å². The van der Waals surface area contributed by atoms with Crippen LogP contribution >= 0.6 is 0 Å². The molecule has 1 amide bonds. The van der Waals surface area contributed by atoms with Crippen molar-refractivity contribution < 1.29 is 9.21 Å². The zero-order valence-electron chi connectivity index (χ0n) is 13.8. The van der Waals surface area contributed by atoms with Gasteiger partial charge in [0, 0.05) is 18.5 Å². The number of aryl methyl sites for hydroxylation is 1. The first-order valence-corrected chi connectivity index (χ1v) is 8.28. The second-order valence-electron chi connectivity index (χ2n) is 6.40. The molecular weight excluding hydrogens is 290 g/mol. The lowest BCUT2D eigenvalue weighted by atomic mass is 9.88. The number of carbonyl (C=O) groups is 1. The average Bonchev–Trinajstić information content (AvgIpc) is 3.04. The fourth-order valence-corrected chi connectivity index (χ4v) is 3.07. The Kier molecular flexibility index (Phi) is 4.74. The third kappa shape index (κ3) is 3.78. The predicted molar refractivity (Wildman–Crippen MR) is 87.5 cm³/mol. The van der Waals surface area contributed by atoms with E-state index in [4.69, 9.17) is 4.42 Å². The minimum absolute atomic E-state index is 0.160. The van der Waals surface area contributed by atoms with E-state index < -0.39 is 0 Å². The molecule has 23 heavy (non-hydrogen) atoms. The van der Waals surface area contributed by atoms with Gasteiger partial charge in [-0.25, -0.2) is 0 Å². The molecule has 1 fully saturated rings. The zero-order valence-corrected chi connectivity index (χ0v) is 13.8. The van der Waals surface area contributed by atoms with E-state index in [0.29, 0.717) is 18.3 Å². The van der Waals surface area contributed by atoms with E-state index >= 15 is 0 Å². The number of hydrogen-bond acceptors (Lipinski definition) is 4. The summed E-state index contributed by atoms with van der Waals surface area (Å²) in [6.45, 7) is 2.41. The molecule has 3 rings (SSSR count). The Bertz CT molecular complexity index is 657. The van der Waals surface area contributed by atoms with Crippen molar-refractivity contribution in [2.24, 2.45) is 5.92 Å². The number of amides is 1. The number of carbonyl (C=O) groups excluding carboxylic acids is 1. The summed E-state index contributed by atoms with van der Waals surface area (Å²) >= 11 is 0. The Morgan fingerprint density at radius 3 is 2.57 bits per heavy atom. The summed E-state index contributed by atoms with van der Waals surface area (Å²) in [7, 11) is 1.81. The Hall–Kier alpha value is -2.17. The van der Waals surface area contributed by atoms with Crippen LogP contribution in [0.15, 0.2) is 28.7 Å². The summed E-state index contributed by atoms with van der Waals surface area (Å²) in [5.41, 5.74) is 2.09. The van der Waals surface area contributed by atoms with Gasteiger partial charge in [-0.2, -0.15) is 0 Å². The lowest BCUT2D eigenvalue weighted by Crippen LogP contribution is -2.33. The van der Waals surface area contributed by atoms with E-state index in [1.165, 1.54) is 12.0 Å². The maximum atomic E-state index is 12.5. The molecule has 0 N–H and O–H groups in total. The molecule has 1 aliphatic carbocycles. The van der Waals surface area contributed by atoms with Gasteiger partial charge in [-0.1, -0.05) is 37.0 Å². The molecule has 1 aromatic heterocycles. The Labute approximate surface area is 136 Å². The molecule has 1 saturated carbocycles. The zero-order chi connectivity index (χ0) is 16.2. The predicted octanol–water partition coefficient (Wildman–Crippen LogP) is 3.58. The van der Waals surface area contributed by atoms with Crippen molar-refractivity contribution >= 4 is 5.91 Å². The monoisotopic (exact) mass is 313 g/mol. The largest absolute Gasteiger partial charge is 0.419 e. The van der Waals surface area contributed by atoms with E-state index in [-0.39, 0.29) is 11.8 Å². The molecule has 0 saturated heterocycles. The molecule has 1 aliphatic rings. The minimum atomic E-state index is 0.160. The van der Waals surface area contributed by atoms with Crippen LogP contribution in [0, 0.1) is 12.8 Å². The van der Waals surface area contributed by atoms with Crippen LogP contribution in [-0.4, -0.2) is 28.1 Å². The van der Waals surface area contributed by atoms with Crippen LogP contribution in [0.5, 0.6) is 0 Å². The first-order valence-electron chi connectivity index (χ1n) is 8.28. The van der Waals surface area contributed by atoms with E-state index in [2.05, 4.69) is 10.2 Å². The molecule has 2 aromatic rings. The molecule has 0 bridgehead atoms. The van der Waals surface area contributed by atoms with Gasteiger partial charge in [0.15, 0.2) is 0 Å². The van der Waals surface area contributed by atoms with Gasteiger partial charge in [-0.3, -0.25) is 4.79 Å². The summed E-state index contributed by atoms with van der Waals surface area (Å²) in [5, 5.41) is 8.16. The number of aromatic nitrogens is 2. The average molecular weight is 313 g/mol. The van der Waals surface area contributed by atoms with Gasteiger partial charge < -0.3 is 9.32 Å². The van der Waals surface area contributed by atoms with Crippen molar-refractivity contribution in [2.75, 3.05) is 7.05 Å². The second-order valence-corrected chi connectivity index (χ2v) is 6.40. The third-order valence-electron chi connectivity index (χ3n) is 4.47. The molecule has 0 atom stereocenters. The molecule has 0 aliphatic heterocycles. The van der Waals surface area contributed by atoms with Crippen LogP contribution in [0.25, 0.3) is 11.5 Å². The highest BCUT2D eigenvalue weighted by Crippen LogP contribution is 2.26. The summed E-state index contributed by atoms with van der Waals surface area (Å²) in [6.07, 6.45) is 5.56. The van der Waals surface area contributed by atoms with Crippen molar-refractivity contribution in [3.05, 3.63) is 35.7 Å². The smallest absolute Gasteiger partial charge is 0.247 e. The Balaban J connectivity index is 1.64. The van der Waals surface area contributed by atoms with Gasteiger partial charge in [-0.05, 0) is 31.9 Å². The highest BCUT2D eigenvalue weighted by molar-refractivity contribution is 5.78. The highest BCUT2D eigenvalue weighted by Gasteiger charge is 2.25. The topological polar surface area (TPSA) is 59.2 Å². The van der Waals surface area contributed by atoms with Gasteiger partial charge in [0.05, 0.1) is 6.54 Å². The number of nitrogens with zero attached hydrogens (tertiary/aromatic N) is 3. The van der Waals surface area contributed by atoms with Gasteiger partial charge in [0.25, 0.3) is 0 Å². The molecule has 0 spiro atoms. The molecule has 5 heteroatoms. The van der Waals surface area contributed by atoms with Crippen molar-refractivity contribution in [1.29, 1.82) is 0 Å².